The van der Waals surface area contributed by atoms with Gasteiger partial charge < -0.3 is 9.74 Å². The van der Waals surface area contributed by atoms with Crippen molar-refractivity contribution in [2.45, 2.75) is 71.2 Å². The molecule has 0 aliphatic heterocycles. The summed E-state index contributed by atoms with van der Waals surface area (Å²) in [5, 5.41) is 5.05. The molecule has 2 rings (SSSR count). The Labute approximate surface area is 164 Å². The first-order valence-electron chi connectivity index (χ1n) is 9.78. The lowest BCUT2D eigenvalue weighted by Crippen LogP contribution is -2.40. The number of benzene rings is 1. The van der Waals surface area contributed by atoms with Gasteiger partial charge in [-0.3, -0.25) is 0 Å². The molecule has 5 heteroatoms. The molecular formula is C20H33Cl2NOSi. The van der Waals surface area contributed by atoms with E-state index in [0.717, 1.165) is 58.3 Å². The number of rotatable bonds is 11. The van der Waals surface area contributed by atoms with Crippen molar-refractivity contribution in [3.05, 3.63) is 33.3 Å². The second-order valence-electron chi connectivity index (χ2n) is 7.43. The van der Waals surface area contributed by atoms with Gasteiger partial charge in [0.2, 0.25) is 0 Å². The van der Waals surface area contributed by atoms with Crippen molar-refractivity contribution < 1.29 is 4.43 Å². The van der Waals surface area contributed by atoms with Gasteiger partial charge in [-0.2, -0.15) is 0 Å². The highest BCUT2D eigenvalue weighted by molar-refractivity contribution is 6.73. The van der Waals surface area contributed by atoms with Crippen LogP contribution in [0.2, 0.25) is 28.2 Å². The molecular weight excluding hydrogens is 369 g/mol. The maximum Gasteiger partial charge on any atom is 0.192 e. The van der Waals surface area contributed by atoms with Crippen LogP contribution in [0.4, 0.5) is 0 Å². The van der Waals surface area contributed by atoms with Crippen LogP contribution in [0, 0.1) is 12.8 Å². The Hall–Kier alpha value is -0.0631. The monoisotopic (exact) mass is 401 g/mol. The van der Waals surface area contributed by atoms with Gasteiger partial charge in [-0.1, -0.05) is 56.8 Å². The van der Waals surface area contributed by atoms with Gasteiger partial charge in [0, 0.05) is 22.2 Å². The van der Waals surface area contributed by atoms with E-state index in [1.165, 1.54) is 19.3 Å². The fourth-order valence-electron chi connectivity index (χ4n) is 3.47. The molecule has 1 aliphatic carbocycles. The number of aryl methyl sites for hydroxylation is 1. The zero-order chi connectivity index (χ0) is 18.4. The molecule has 0 heterocycles. The molecule has 1 aromatic rings. The Morgan fingerprint density at radius 2 is 1.68 bits per heavy atom. The molecule has 1 atom stereocenters. The van der Waals surface area contributed by atoms with Gasteiger partial charge in [-0.15, -0.1) is 0 Å². The Bertz CT molecular complexity index is 527. The fourth-order valence-corrected chi connectivity index (χ4v) is 7.11. The van der Waals surface area contributed by atoms with Crippen LogP contribution in [-0.4, -0.2) is 21.4 Å². The largest absolute Gasteiger partial charge is 0.409 e. The second-order valence-corrected chi connectivity index (χ2v) is 13.0. The third-order valence-corrected chi connectivity index (χ3v) is 10.9. The summed E-state index contributed by atoms with van der Waals surface area (Å²) >= 11 is 13.2. The highest BCUT2D eigenvalue weighted by Gasteiger charge is 2.34. The van der Waals surface area contributed by atoms with E-state index in [1.54, 1.807) is 0 Å². The van der Waals surface area contributed by atoms with Gasteiger partial charge in [0.15, 0.2) is 8.32 Å². The van der Waals surface area contributed by atoms with Crippen LogP contribution in [0.15, 0.2) is 12.1 Å². The summed E-state index contributed by atoms with van der Waals surface area (Å²) in [6.07, 6.45) is 4.00. The Balaban J connectivity index is 2.18. The molecule has 1 unspecified atom stereocenters. The molecule has 0 aromatic heterocycles. The van der Waals surface area contributed by atoms with E-state index in [2.05, 4.69) is 26.1 Å². The molecule has 1 fully saturated rings. The molecule has 2 nitrogen and oxygen atoms in total. The lowest BCUT2D eigenvalue weighted by molar-refractivity contribution is 0.186. The van der Waals surface area contributed by atoms with Crippen LogP contribution in [-0.2, 0) is 4.43 Å². The zero-order valence-corrected chi connectivity index (χ0v) is 18.6. The van der Waals surface area contributed by atoms with E-state index in [9.17, 15) is 0 Å². The van der Waals surface area contributed by atoms with Crippen molar-refractivity contribution in [2.75, 3.05) is 13.1 Å². The SMILES string of the molecule is CC[Si](CC)(CC)OC(CNCCC1CC1)c1c(Cl)cc(C)cc1Cl. The molecule has 0 spiro atoms. The minimum absolute atomic E-state index is 0.0636. The van der Waals surface area contributed by atoms with E-state index in [1.807, 2.05) is 19.1 Å². The summed E-state index contributed by atoms with van der Waals surface area (Å²) in [4.78, 5) is 0. The topological polar surface area (TPSA) is 21.3 Å². The van der Waals surface area contributed by atoms with Crippen LogP contribution >= 0.6 is 23.2 Å². The van der Waals surface area contributed by atoms with E-state index >= 15 is 0 Å². The Morgan fingerprint density at radius 3 is 2.16 bits per heavy atom. The minimum Gasteiger partial charge on any atom is -0.409 e. The fraction of sp³-hybridized carbons (Fsp3) is 0.700. The number of hydrogen-bond acceptors (Lipinski definition) is 2. The first kappa shape index (κ1) is 21.2. The van der Waals surface area contributed by atoms with Gasteiger partial charge in [0.1, 0.15) is 0 Å². The molecule has 0 radical (unpaired) electrons. The predicted molar refractivity (Wildman–Crippen MR) is 112 cm³/mol. The van der Waals surface area contributed by atoms with Crippen molar-refractivity contribution in [3.8, 4) is 0 Å². The van der Waals surface area contributed by atoms with E-state index < -0.39 is 8.32 Å². The third-order valence-electron chi connectivity index (χ3n) is 5.63. The van der Waals surface area contributed by atoms with Crippen LogP contribution in [0.3, 0.4) is 0 Å². The number of halogens is 2. The lowest BCUT2D eigenvalue weighted by Gasteiger charge is -2.34. The normalized spacial score (nSPS) is 16.2. The van der Waals surface area contributed by atoms with Crippen molar-refractivity contribution >= 4 is 31.5 Å². The summed E-state index contributed by atoms with van der Waals surface area (Å²) in [5.74, 6) is 0.939. The van der Waals surface area contributed by atoms with Crippen molar-refractivity contribution in [1.29, 1.82) is 0 Å². The first-order valence-corrected chi connectivity index (χ1v) is 13.1. The van der Waals surface area contributed by atoms with Crippen LogP contribution in [0.1, 0.15) is 57.3 Å². The molecule has 142 valence electrons. The van der Waals surface area contributed by atoms with Crippen LogP contribution in [0.25, 0.3) is 0 Å². The lowest BCUT2D eigenvalue weighted by atomic mass is 10.1. The average molecular weight is 402 g/mol. The summed E-state index contributed by atoms with van der Waals surface area (Å²) in [6.45, 7) is 10.6. The maximum absolute atomic E-state index is 6.80. The summed E-state index contributed by atoms with van der Waals surface area (Å²) in [6, 6.07) is 7.37. The van der Waals surface area contributed by atoms with Gasteiger partial charge in [0.25, 0.3) is 0 Å². The molecule has 1 N–H and O–H groups in total. The van der Waals surface area contributed by atoms with Gasteiger partial charge in [0.05, 0.1) is 6.10 Å². The van der Waals surface area contributed by atoms with Crippen molar-refractivity contribution in [1.82, 2.24) is 5.32 Å². The van der Waals surface area contributed by atoms with E-state index in [0.29, 0.717) is 0 Å². The minimum atomic E-state index is -1.75. The van der Waals surface area contributed by atoms with E-state index in [-0.39, 0.29) is 6.10 Å². The van der Waals surface area contributed by atoms with Gasteiger partial charge in [-0.05, 0) is 61.6 Å². The highest BCUT2D eigenvalue weighted by atomic mass is 35.5. The summed E-state index contributed by atoms with van der Waals surface area (Å²) in [7, 11) is -1.75. The molecule has 1 aliphatic rings. The highest BCUT2D eigenvalue weighted by Crippen LogP contribution is 2.37. The van der Waals surface area contributed by atoms with Gasteiger partial charge >= 0.3 is 0 Å². The molecule has 0 bridgehead atoms. The average Bonchev–Trinajstić information content (AvgIpc) is 3.39. The quantitative estimate of drug-likeness (QED) is 0.326. The predicted octanol–water partition coefficient (Wildman–Crippen LogP) is 6.75. The van der Waals surface area contributed by atoms with Gasteiger partial charge in [-0.25, -0.2) is 0 Å². The number of hydrogen-bond donors (Lipinski definition) is 1. The summed E-state index contributed by atoms with van der Waals surface area (Å²) < 4.78 is 6.80. The Morgan fingerprint density at radius 1 is 1.12 bits per heavy atom. The summed E-state index contributed by atoms with van der Waals surface area (Å²) in [5.41, 5.74) is 2.05. The number of nitrogens with one attached hydrogen (secondary N) is 1. The van der Waals surface area contributed by atoms with Crippen LogP contribution < -0.4 is 5.32 Å². The second kappa shape index (κ2) is 9.75. The van der Waals surface area contributed by atoms with Crippen molar-refractivity contribution in [2.24, 2.45) is 5.92 Å². The van der Waals surface area contributed by atoms with E-state index in [4.69, 9.17) is 27.6 Å². The van der Waals surface area contributed by atoms with Crippen LogP contribution in [0.5, 0.6) is 0 Å². The smallest absolute Gasteiger partial charge is 0.192 e. The molecule has 0 amide bonds. The molecule has 1 aromatic carbocycles. The van der Waals surface area contributed by atoms with Crippen molar-refractivity contribution in [3.63, 3.8) is 0 Å². The molecule has 25 heavy (non-hydrogen) atoms. The first-order chi connectivity index (χ1) is 11.9. The molecule has 0 saturated heterocycles. The maximum atomic E-state index is 6.80. The third kappa shape index (κ3) is 5.97. The molecule has 1 saturated carbocycles. The standard InChI is InChI=1S/C20H33Cl2NOSi/c1-5-25(6-2,7-3)24-19(14-23-11-10-16-8-9-16)20-17(21)12-15(4)13-18(20)22/h12-13,16,19,23H,5-11,14H2,1-4H3. The Kier molecular flexibility index (Phi) is 8.28. The zero-order valence-electron chi connectivity index (χ0n) is 16.1.